The highest BCUT2D eigenvalue weighted by Gasteiger charge is 2.23. The number of nitrogens with zero attached hydrogens (tertiary/aromatic N) is 1. The van der Waals surface area contributed by atoms with Crippen molar-refractivity contribution in [3.63, 3.8) is 0 Å². The largest absolute Gasteiger partial charge is 0.488 e. The molecule has 4 rings (SSSR count). The SMILES string of the molecule is Cc1noc(C)c1COc1cc2ccccc2cc1C(=O)NCC1CC1. The van der Waals surface area contributed by atoms with Crippen LogP contribution in [-0.2, 0) is 6.61 Å². The van der Waals surface area contributed by atoms with Gasteiger partial charge >= 0.3 is 0 Å². The van der Waals surface area contributed by atoms with E-state index in [4.69, 9.17) is 9.26 Å². The molecule has 2 aromatic carbocycles. The Hall–Kier alpha value is -2.82. The van der Waals surface area contributed by atoms with Gasteiger partial charge < -0.3 is 14.6 Å². The first-order valence-corrected chi connectivity index (χ1v) is 8.97. The van der Waals surface area contributed by atoms with Crippen molar-refractivity contribution in [2.24, 2.45) is 5.92 Å². The van der Waals surface area contributed by atoms with Gasteiger partial charge in [0.2, 0.25) is 0 Å². The monoisotopic (exact) mass is 350 g/mol. The topological polar surface area (TPSA) is 64.4 Å². The highest BCUT2D eigenvalue weighted by molar-refractivity contribution is 6.01. The van der Waals surface area contributed by atoms with Gasteiger partial charge in [-0.15, -0.1) is 0 Å². The van der Waals surface area contributed by atoms with Gasteiger partial charge in [-0.25, -0.2) is 0 Å². The number of carbonyl (C=O) groups is 1. The summed E-state index contributed by atoms with van der Waals surface area (Å²) >= 11 is 0. The van der Waals surface area contributed by atoms with Crippen molar-refractivity contribution in [1.29, 1.82) is 0 Å². The Morgan fingerprint density at radius 2 is 1.96 bits per heavy atom. The lowest BCUT2D eigenvalue weighted by Crippen LogP contribution is -2.26. The fraction of sp³-hybridized carbons (Fsp3) is 0.333. The molecule has 0 unspecified atom stereocenters. The zero-order chi connectivity index (χ0) is 18.1. The van der Waals surface area contributed by atoms with Crippen LogP contribution >= 0.6 is 0 Å². The summed E-state index contributed by atoms with van der Waals surface area (Å²) in [6.07, 6.45) is 2.40. The average molecular weight is 350 g/mol. The molecular weight excluding hydrogens is 328 g/mol. The Morgan fingerprint density at radius 3 is 2.62 bits per heavy atom. The molecule has 0 saturated heterocycles. The number of hydrogen-bond donors (Lipinski definition) is 1. The smallest absolute Gasteiger partial charge is 0.255 e. The van der Waals surface area contributed by atoms with E-state index in [1.54, 1.807) is 0 Å². The number of aromatic nitrogens is 1. The minimum Gasteiger partial charge on any atom is -0.488 e. The van der Waals surface area contributed by atoms with Crippen LogP contribution in [0.1, 0.15) is 40.2 Å². The van der Waals surface area contributed by atoms with Gasteiger partial charge in [0.1, 0.15) is 18.1 Å². The Bertz CT molecular complexity index is 938. The predicted molar refractivity (Wildman–Crippen MR) is 99.3 cm³/mol. The van der Waals surface area contributed by atoms with Gasteiger partial charge in [-0.05, 0) is 55.5 Å². The van der Waals surface area contributed by atoms with Gasteiger partial charge in [-0.2, -0.15) is 0 Å². The van der Waals surface area contributed by atoms with Gasteiger partial charge in [-0.1, -0.05) is 29.4 Å². The van der Waals surface area contributed by atoms with Crippen molar-refractivity contribution < 1.29 is 14.1 Å². The van der Waals surface area contributed by atoms with Crippen LogP contribution in [0.3, 0.4) is 0 Å². The lowest BCUT2D eigenvalue weighted by Gasteiger charge is -2.13. The number of amides is 1. The molecule has 5 nitrogen and oxygen atoms in total. The van der Waals surface area contributed by atoms with Gasteiger partial charge in [0.15, 0.2) is 0 Å². The van der Waals surface area contributed by atoms with E-state index in [-0.39, 0.29) is 5.91 Å². The lowest BCUT2D eigenvalue weighted by atomic mass is 10.1. The molecule has 1 aromatic heterocycles. The summed E-state index contributed by atoms with van der Waals surface area (Å²) in [6.45, 7) is 4.80. The molecule has 1 aliphatic carbocycles. The maximum Gasteiger partial charge on any atom is 0.255 e. The second-order valence-corrected chi connectivity index (χ2v) is 6.94. The molecule has 134 valence electrons. The number of fused-ring (bicyclic) bond motifs is 1. The van der Waals surface area contributed by atoms with E-state index in [9.17, 15) is 4.79 Å². The third-order valence-corrected chi connectivity index (χ3v) is 4.89. The van der Waals surface area contributed by atoms with E-state index in [0.717, 1.165) is 34.3 Å². The maximum atomic E-state index is 12.7. The number of hydrogen-bond acceptors (Lipinski definition) is 4. The van der Waals surface area contributed by atoms with Crippen molar-refractivity contribution in [3.8, 4) is 5.75 Å². The van der Waals surface area contributed by atoms with Crippen LogP contribution in [0, 0.1) is 19.8 Å². The lowest BCUT2D eigenvalue weighted by molar-refractivity contribution is 0.0947. The van der Waals surface area contributed by atoms with Crippen LogP contribution in [0.4, 0.5) is 0 Å². The normalized spacial score (nSPS) is 13.8. The fourth-order valence-electron chi connectivity index (χ4n) is 3.03. The molecule has 1 aliphatic rings. The van der Waals surface area contributed by atoms with Crippen LogP contribution in [-0.4, -0.2) is 17.6 Å². The van der Waals surface area contributed by atoms with E-state index >= 15 is 0 Å². The van der Waals surface area contributed by atoms with Crippen LogP contribution in [0.5, 0.6) is 5.75 Å². The van der Waals surface area contributed by atoms with Crippen LogP contribution in [0.2, 0.25) is 0 Å². The summed E-state index contributed by atoms with van der Waals surface area (Å²) in [5.74, 6) is 1.86. The highest BCUT2D eigenvalue weighted by atomic mass is 16.5. The Kier molecular flexibility index (Phi) is 4.37. The number of aryl methyl sites for hydroxylation is 2. The molecule has 0 radical (unpaired) electrons. The molecule has 0 atom stereocenters. The van der Waals surface area contributed by atoms with Crippen LogP contribution in [0.25, 0.3) is 10.8 Å². The van der Waals surface area contributed by atoms with Gasteiger partial charge in [-0.3, -0.25) is 4.79 Å². The first-order valence-electron chi connectivity index (χ1n) is 8.97. The van der Waals surface area contributed by atoms with E-state index in [1.807, 2.05) is 50.2 Å². The molecule has 1 amide bonds. The first-order chi connectivity index (χ1) is 12.6. The molecule has 1 heterocycles. The highest BCUT2D eigenvalue weighted by Crippen LogP contribution is 2.30. The number of nitrogens with one attached hydrogen (secondary N) is 1. The molecule has 0 aliphatic heterocycles. The maximum absolute atomic E-state index is 12.7. The van der Waals surface area contributed by atoms with Gasteiger partial charge in [0, 0.05) is 6.54 Å². The molecule has 3 aromatic rings. The molecule has 1 N–H and O–H groups in total. The second kappa shape index (κ2) is 6.83. The number of carbonyl (C=O) groups excluding carboxylic acids is 1. The molecule has 1 fully saturated rings. The zero-order valence-electron chi connectivity index (χ0n) is 15.0. The average Bonchev–Trinajstić information content (AvgIpc) is 3.43. The minimum absolute atomic E-state index is 0.0867. The van der Waals surface area contributed by atoms with Crippen LogP contribution < -0.4 is 10.1 Å². The summed E-state index contributed by atoms with van der Waals surface area (Å²) in [5.41, 5.74) is 2.29. The summed E-state index contributed by atoms with van der Waals surface area (Å²) in [6, 6.07) is 11.8. The second-order valence-electron chi connectivity index (χ2n) is 6.94. The minimum atomic E-state index is -0.0867. The molecule has 5 heteroatoms. The van der Waals surface area contributed by atoms with Crippen molar-refractivity contribution in [2.75, 3.05) is 6.54 Å². The van der Waals surface area contributed by atoms with Gasteiger partial charge in [0.05, 0.1) is 16.8 Å². The number of rotatable bonds is 6. The third kappa shape index (κ3) is 3.43. The number of ether oxygens (including phenoxy) is 1. The van der Waals surface area contributed by atoms with Crippen LogP contribution in [0.15, 0.2) is 40.9 Å². The summed E-state index contributed by atoms with van der Waals surface area (Å²) in [5, 5.41) is 9.05. The van der Waals surface area contributed by atoms with Crippen molar-refractivity contribution in [3.05, 3.63) is 59.0 Å². The summed E-state index contributed by atoms with van der Waals surface area (Å²) < 4.78 is 11.2. The molecule has 1 saturated carbocycles. The van der Waals surface area contributed by atoms with E-state index in [2.05, 4.69) is 10.5 Å². The molecule has 0 bridgehead atoms. The first kappa shape index (κ1) is 16.6. The zero-order valence-corrected chi connectivity index (χ0v) is 15.0. The Morgan fingerprint density at radius 1 is 1.23 bits per heavy atom. The molecular formula is C21H22N2O3. The summed E-state index contributed by atoms with van der Waals surface area (Å²) in [4.78, 5) is 12.7. The fourth-order valence-corrected chi connectivity index (χ4v) is 3.03. The van der Waals surface area contributed by atoms with E-state index in [1.165, 1.54) is 12.8 Å². The van der Waals surface area contributed by atoms with Crippen molar-refractivity contribution >= 4 is 16.7 Å². The van der Waals surface area contributed by atoms with E-state index < -0.39 is 0 Å². The van der Waals surface area contributed by atoms with Gasteiger partial charge in [0.25, 0.3) is 5.91 Å². The Balaban J connectivity index is 1.63. The van der Waals surface area contributed by atoms with Crippen molar-refractivity contribution in [2.45, 2.75) is 33.3 Å². The quantitative estimate of drug-likeness (QED) is 0.725. The van der Waals surface area contributed by atoms with Crippen molar-refractivity contribution in [1.82, 2.24) is 10.5 Å². The standard InChI is InChI=1S/C21H22N2O3/c1-13-19(14(2)26-23-13)12-25-20-10-17-6-4-3-5-16(17)9-18(20)21(24)22-11-15-7-8-15/h3-6,9-10,15H,7-8,11-12H2,1-2H3,(H,22,24). The molecule has 0 spiro atoms. The number of benzene rings is 2. The Labute approximate surface area is 152 Å². The summed E-state index contributed by atoms with van der Waals surface area (Å²) in [7, 11) is 0. The van der Waals surface area contributed by atoms with E-state index in [0.29, 0.717) is 23.8 Å². The molecule has 26 heavy (non-hydrogen) atoms. The predicted octanol–water partition coefficient (Wildman–Crippen LogP) is 4.16. The third-order valence-electron chi connectivity index (χ3n) is 4.89.